The second-order valence-electron chi connectivity index (χ2n) is 6.47. The Bertz CT molecular complexity index is 514. The Morgan fingerprint density at radius 3 is 2.86 bits per heavy atom. The number of rotatable bonds is 5. The van der Waals surface area contributed by atoms with Crippen LogP contribution in [0.4, 0.5) is 11.4 Å². The quantitative estimate of drug-likeness (QED) is 0.646. The Morgan fingerprint density at radius 2 is 2.24 bits per heavy atom. The fourth-order valence-electron chi connectivity index (χ4n) is 3.08. The standard InChI is InChI=1S/C16H24N2O3/c1-4-21-15-10-12(7-8-14(15)18(19)20)17-13-6-5-9-16(2,3)11-13/h7-8,10,13,17H,4-6,9,11H2,1-3H3. The number of ether oxygens (including phenoxy) is 1. The molecule has 0 saturated heterocycles. The lowest BCUT2D eigenvalue weighted by atomic mass is 9.75. The molecule has 0 bridgehead atoms. The van der Waals surface area contributed by atoms with Gasteiger partial charge in [0, 0.05) is 23.9 Å². The molecule has 5 heteroatoms. The molecule has 5 nitrogen and oxygen atoms in total. The topological polar surface area (TPSA) is 64.4 Å². The number of nitrogens with one attached hydrogen (secondary N) is 1. The van der Waals surface area contributed by atoms with Gasteiger partial charge in [-0.05, 0) is 37.7 Å². The average molecular weight is 292 g/mol. The van der Waals surface area contributed by atoms with Gasteiger partial charge in [0.15, 0.2) is 5.75 Å². The lowest BCUT2D eigenvalue weighted by Gasteiger charge is -2.36. The van der Waals surface area contributed by atoms with Crippen molar-refractivity contribution in [3.8, 4) is 5.75 Å². The highest BCUT2D eigenvalue weighted by Crippen LogP contribution is 2.37. The fourth-order valence-corrected chi connectivity index (χ4v) is 3.08. The van der Waals surface area contributed by atoms with E-state index < -0.39 is 4.92 Å². The number of anilines is 1. The molecular weight excluding hydrogens is 268 g/mol. The maximum atomic E-state index is 11.0. The number of benzene rings is 1. The normalized spacial score (nSPS) is 20.8. The van der Waals surface area contributed by atoms with E-state index in [0.717, 1.165) is 18.5 Å². The molecular formula is C16H24N2O3. The predicted octanol–water partition coefficient (Wildman–Crippen LogP) is 4.37. The molecule has 21 heavy (non-hydrogen) atoms. The first kappa shape index (κ1) is 15.6. The molecule has 0 amide bonds. The minimum absolute atomic E-state index is 0.0198. The zero-order valence-electron chi connectivity index (χ0n) is 13.0. The van der Waals surface area contributed by atoms with E-state index in [2.05, 4.69) is 19.2 Å². The molecule has 0 heterocycles. The van der Waals surface area contributed by atoms with Gasteiger partial charge in [-0.3, -0.25) is 10.1 Å². The van der Waals surface area contributed by atoms with E-state index in [1.54, 1.807) is 12.1 Å². The SMILES string of the molecule is CCOc1cc(NC2CCCC(C)(C)C2)ccc1[N+](=O)[O-]. The molecule has 1 aliphatic rings. The van der Waals surface area contributed by atoms with Crippen LogP contribution >= 0.6 is 0 Å². The van der Waals surface area contributed by atoms with Crippen molar-refractivity contribution >= 4 is 11.4 Å². The lowest BCUT2D eigenvalue weighted by molar-refractivity contribution is -0.385. The van der Waals surface area contributed by atoms with Crippen molar-refractivity contribution < 1.29 is 9.66 Å². The Balaban J connectivity index is 2.13. The Kier molecular flexibility index (Phi) is 4.70. The maximum absolute atomic E-state index is 11.0. The molecule has 1 atom stereocenters. The summed E-state index contributed by atoms with van der Waals surface area (Å²) in [5.74, 6) is 0.336. The molecule has 1 aromatic rings. The average Bonchev–Trinajstić information content (AvgIpc) is 2.37. The van der Waals surface area contributed by atoms with Crippen LogP contribution in [0.2, 0.25) is 0 Å². The third-order valence-electron chi connectivity index (χ3n) is 4.03. The summed E-state index contributed by atoms with van der Waals surface area (Å²) in [6, 6.07) is 5.44. The summed E-state index contributed by atoms with van der Waals surface area (Å²) < 4.78 is 5.39. The van der Waals surface area contributed by atoms with Crippen LogP contribution in [0.1, 0.15) is 46.5 Å². The van der Waals surface area contributed by atoms with Gasteiger partial charge in [0.25, 0.3) is 0 Å². The summed E-state index contributed by atoms with van der Waals surface area (Å²) in [5, 5.41) is 14.5. The van der Waals surface area contributed by atoms with E-state index in [1.807, 2.05) is 6.92 Å². The minimum Gasteiger partial charge on any atom is -0.487 e. The fraction of sp³-hybridized carbons (Fsp3) is 0.625. The van der Waals surface area contributed by atoms with Gasteiger partial charge in [-0.15, -0.1) is 0 Å². The van der Waals surface area contributed by atoms with Crippen molar-refractivity contribution in [2.24, 2.45) is 5.41 Å². The zero-order valence-corrected chi connectivity index (χ0v) is 13.0. The van der Waals surface area contributed by atoms with Crippen LogP contribution in [-0.2, 0) is 0 Å². The van der Waals surface area contributed by atoms with Crippen LogP contribution in [0.5, 0.6) is 5.75 Å². The van der Waals surface area contributed by atoms with Gasteiger partial charge < -0.3 is 10.1 Å². The van der Waals surface area contributed by atoms with E-state index in [1.165, 1.54) is 18.9 Å². The van der Waals surface area contributed by atoms with Gasteiger partial charge >= 0.3 is 5.69 Å². The zero-order chi connectivity index (χ0) is 15.5. The first-order valence-corrected chi connectivity index (χ1v) is 7.59. The van der Waals surface area contributed by atoms with Crippen molar-refractivity contribution in [1.82, 2.24) is 0 Å². The van der Waals surface area contributed by atoms with Crippen molar-refractivity contribution in [2.75, 3.05) is 11.9 Å². The first-order valence-electron chi connectivity index (χ1n) is 7.59. The van der Waals surface area contributed by atoms with Crippen LogP contribution in [-0.4, -0.2) is 17.6 Å². The van der Waals surface area contributed by atoms with E-state index in [4.69, 9.17) is 4.74 Å². The molecule has 116 valence electrons. The Hall–Kier alpha value is -1.78. The molecule has 0 radical (unpaired) electrons. The second kappa shape index (κ2) is 6.33. The molecule has 1 fully saturated rings. The van der Waals surface area contributed by atoms with E-state index in [0.29, 0.717) is 23.8 Å². The van der Waals surface area contributed by atoms with Crippen LogP contribution < -0.4 is 10.1 Å². The Morgan fingerprint density at radius 1 is 1.48 bits per heavy atom. The number of nitrogens with zero attached hydrogens (tertiary/aromatic N) is 1. The minimum atomic E-state index is -0.404. The summed E-state index contributed by atoms with van der Waals surface area (Å²) in [6.07, 6.45) is 4.74. The predicted molar refractivity (Wildman–Crippen MR) is 83.9 cm³/mol. The number of nitro benzene ring substituents is 1. The van der Waals surface area contributed by atoms with Crippen molar-refractivity contribution in [1.29, 1.82) is 0 Å². The molecule has 0 aliphatic heterocycles. The van der Waals surface area contributed by atoms with Gasteiger partial charge in [-0.2, -0.15) is 0 Å². The van der Waals surface area contributed by atoms with Crippen LogP contribution in [0.25, 0.3) is 0 Å². The summed E-state index contributed by atoms with van der Waals surface area (Å²) in [5.41, 5.74) is 1.28. The van der Waals surface area contributed by atoms with E-state index >= 15 is 0 Å². The molecule has 1 unspecified atom stereocenters. The maximum Gasteiger partial charge on any atom is 0.311 e. The molecule has 1 aromatic carbocycles. The summed E-state index contributed by atoms with van der Waals surface area (Å²) in [7, 11) is 0. The third-order valence-corrected chi connectivity index (χ3v) is 4.03. The monoisotopic (exact) mass is 292 g/mol. The van der Waals surface area contributed by atoms with Gasteiger partial charge in [0.1, 0.15) is 0 Å². The van der Waals surface area contributed by atoms with Gasteiger partial charge in [0.2, 0.25) is 0 Å². The van der Waals surface area contributed by atoms with E-state index in [9.17, 15) is 10.1 Å². The molecule has 0 aromatic heterocycles. The summed E-state index contributed by atoms with van der Waals surface area (Å²) >= 11 is 0. The Labute approximate surface area is 125 Å². The van der Waals surface area contributed by atoms with Gasteiger partial charge in [-0.25, -0.2) is 0 Å². The summed E-state index contributed by atoms with van der Waals surface area (Å²) in [6.45, 7) is 6.83. The van der Waals surface area contributed by atoms with Crippen LogP contribution in [0.15, 0.2) is 18.2 Å². The highest BCUT2D eigenvalue weighted by Gasteiger charge is 2.28. The van der Waals surface area contributed by atoms with Gasteiger partial charge in [0.05, 0.1) is 11.5 Å². The highest BCUT2D eigenvalue weighted by atomic mass is 16.6. The molecule has 0 spiro atoms. The largest absolute Gasteiger partial charge is 0.487 e. The molecule has 1 aliphatic carbocycles. The van der Waals surface area contributed by atoms with Crippen molar-refractivity contribution in [2.45, 2.75) is 52.5 Å². The molecule has 1 N–H and O–H groups in total. The first-order chi connectivity index (χ1) is 9.91. The summed E-state index contributed by atoms with van der Waals surface area (Å²) in [4.78, 5) is 10.6. The van der Waals surface area contributed by atoms with Crippen LogP contribution in [0.3, 0.4) is 0 Å². The number of hydrogen-bond donors (Lipinski definition) is 1. The van der Waals surface area contributed by atoms with Crippen molar-refractivity contribution in [3.05, 3.63) is 28.3 Å². The molecule has 2 rings (SSSR count). The number of nitro groups is 1. The third kappa shape index (κ3) is 4.09. The van der Waals surface area contributed by atoms with E-state index in [-0.39, 0.29) is 5.69 Å². The smallest absolute Gasteiger partial charge is 0.311 e. The van der Waals surface area contributed by atoms with Crippen LogP contribution in [0, 0.1) is 15.5 Å². The molecule has 1 saturated carbocycles. The second-order valence-corrected chi connectivity index (χ2v) is 6.47. The number of hydrogen-bond acceptors (Lipinski definition) is 4. The van der Waals surface area contributed by atoms with Crippen molar-refractivity contribution in [3.63, 3.8) is 0 Å². The van der Waals surface area contributed by atoms with Gasteiger partial charge in [-0.1, -0.05) is 20.3 Å². The lowest BCUT2D eigenvalue weighted by Crippen LogP contribution is -2.31. The highest BCUT2D eigenvalue weighted by molar-refractivity contribution is 5.58.